The third-order valence-electron chi connectivity index (χ3n) is 8.74. The molecule has 0 heterocycles. The van der Waals surface area contributed by atoms with Gasteiger partial charge in [0.25, 0.3) is 0 Å². The van der Waals surface area contributed by atoms with Gasteiger partial charge in [0, 0.05) is 54.8 Å². The summed E-state index contributed by atoms with van der Waals surface area (Å²) >= 11 is 0. The van der Waals surface area contributed by atoms with E-state index in [0.29, 0.717) is 31.1 Å². The molecule has 1 unspecified atom stereocenters. The first-order valence-corrected chi connectivity index (χ1v) is 18.2. The van der Waals surface area contributed by atoms with Gasteiger partial charge in [0.1, 0.15) is 11.5 Å². The van der Waals surface area contributed by atoms with E-state index in [1.807, 2.05) is 56.1 Å². The molecule has 0 radical (unpaired) electrons. The molecule has 276 valence electrons. The second-order valence-corrected chi connectivity index (χ2v) is 14.4. The van der Waals surface area contributed by atoms with Gasteiger partial charge in [-0.15, -0.1) is 0 Å². The molecule has 4 N–H and O–H groups in total. The molecule has 0 fully saturated rings. The predicted octanol–water partition coefficient (Wildman–Crippen LogP) is 7.72. The average molecular weight is 678 g/mol. The number of rotatable bonds is 15. The predicted molar refractivity (Wildman–Crippen MR) is 212 cm³/mol. The number of aryl methyl sites for hydroxylation is 1. The first kappa shape index (κ1) is 44.1. The van der Waals surface area contributed by atoms with Crippen molar-refractivity contribution in [2.75, 3.05) is 56.4 Å². The van der Waals surface area contributed by atoms with Crippen molar-refractivity contribution in [2.24, 2.45) is 5.92 Å². The fraction of sp³-hybridized carbons (Fsp3) is 0.571. The lowest BCUT2D eigenvalue weighted by atomic mass is 9.69. The van der Waals surface area contributed by atoms with Gasteiger partial charge in [-0.3, -0.25) is 0 Å². The second-order valence-electron chi connectivity index (χ2n) is 14.4. The minimum absolute atomic E-state index is 0.342. The highest BCUT2D eigenvalue weighted by Gasteiger charge is 2.35. The average Bonchev–Trinajstić information content (AvgIpc) is 3.04. The van der Waals surface area contributed by atoms with Crippen LogP contribution in [0.4, 0.5) is 0 Å². The summed E-state index contributed by atoms with van der Waals surface area (Å²) in [6.07, 6.45) is 2.04. The van der Waals surface area contributed by atoms with Gasteiger partial charge in [0.15, 0.2) is 0 Å². The molecule has 0 saturated heterocycles. The standard InChI is InChI=1S/C35H53N5O2.C5H12.C2H6/c1-11-26-15-31(17-28(33(26)41)22-39(7)8)35(2,30-13-24(19-36-3)12-25(14-30)21-38(5)6)32-16-27(20-37-4)34(42)29(18-32)23-40(9)10;1-4-5(2)3;1-2/h12-18,36-37,41-42H,11,19-23H2,1-10H3;5H,4H2,1-3H3;1-2H3. The summed E-state index contributed by atoms with van der Waals surface area (Å²) in [6, 6.07) is 15.6. The van der Waals surface area contributed by atoms with E-state index < -0.39 is 5.41 Å². The molecule has 0 aliphatic rings. The van der Waals surface area contributed by atoms with Crippen LogP contribution in [0.3, 0.4) is 0 Å². The zero-order valence-electron chi connectivity index (χ0n) is 33.8. The Hall–Kier alpha value is -2.94. The van der Waals surface area contributed by atoms with Gasteiger partial charge in [-0.05, 0) is 127 Å². The Morgan fingerprint density at radius 2 is 0.980 bits per heavy atom. The molecule has 0 amide bonds. The molecule has 3 rings (SSSR count). The SMILES string of the molecule is CC.CCC(C)C.CCc1cc(C(C)(c2cc(CNC)cc(CN(C)C)c2)c2cc(CNC)c(O)c(CN(C)C)c2)cc(CN(C)C)c1O. The van der Waals surface area contributed by atoms with E-state index in [1.165, 1.54) is 23.1 Å². The summed E-state index contributed by atoms with van der Waals surface area (Å²) in [4.78, 5) is 6.39. The zero-order chi connectivity index (χ0) is 37.5. The van der Waals surface area contributed by atoms with Crippen molar-refractivity contribution in [2.45, 2.75) is 99.4 Å². The van der Waals surface area contributed by atoms with Gasteiger partial charge in [-0.2, -0.15) is 0 Å². The molecule has 0 spiro atoms. The third-order valence-corrected chi connectivity index (χ3v) is 8.74. The molecule has 3 aromatic carbocycles. The van der Waals surface area contributed by atoms with Crippen molar-refractivity contribution >= 4 is 0 Å². The summed E-state index contributed by atoms with van der Waals surface area (Å²) in [5, 5.41) is 29.1. The van der Waals surface area contributed by atoms with Crippen molar-refractivity contribution < 1.29 is 10.2 Å². The largest absolute Gasteiger partial charge is 0.507 e. The maximum atomic E-state index is 11.3. The topological polar surface area (TPSA) is 74.2 Å². The second kappa shape index (κ2) is 21.3. The number of benzene rings is 3. The molecule has 3 aromatic rings. The van der Waals surface area contributed by atoms with E-state index in [0.717, 1.165) is 58.8 Å². The minimum Gasteiger partial charge on any atom is -0.507 e. The monoisotopic (exact) mass is 678 g/mol. The van der Waals surface area contributed by atoms with Gasteiger partial charge in [0.05, 0.1) is 0 Å². The number of phenolic OH excluding ortho intramolecular Hbond substituents is 2. The van der Waals surface area contributed by atoms with E-state index in [4.69, 9.17) is 0 Å². The van der Waals surface area contributed by atoms with Crippen LogP contribution in [0.15, 0.2) is 42.5 Å². The molecule has 0 aliphatic heterocycles. The molecule has 1 atom stereocenters. The van der Waals surface area contributed by atoms with Crippen molar-refractivity contribution in [3.8, 4) is 11.5 Å². The minimum atomic E-state index is -0.569. The Morgan fingerprint density at radius 3 is 1.39 bits per heavy atom. The van der Waals surface area contributed by atoms with Crippen LogP contribution in [-0.4, -0.2) is 81.3 Å². The van der Waals surface area contributed by atoms with Gasteiger partial charge in [0.2, 0.25) is 0 Å². The molecule has 7 nitrogen and oxygen atoms in total. The first-order valence-electron chi connectivity index (χ1n) is 18.2. The zero-order valence-corrected chi connectivity index (χ0v) is 33.8. The van der Waals surface area contributed by atoms with Crippen molar-refractivity contribution in [3.63, 3.8) is 0 Å². The smallest absolute Gasteiger partial charge is 0.124 e. The molecular weight excluding hydrogens is 606 g/mol. The highest BCUT2D eigenvalue weighted by Crippen LogP contribution is 2.44. The lowest BCUT2D eigenvalue weighted by Crippen LogP contribution is -2.28. The summed E-state index contributed by atoms with van der Waals surface area (Å²) in [5.74, 6) is 1.61. The molecular formula is C42H71N5O2. The Morgan fingerprint density at radius 1 is 0.592 bits per heavy atom. The van der Waals surface area contributed by atoms with Crippen molar-refractivity contribution in [3.05, 3.63) is 92.5 Å². The fourth-order valence-corrected chi connectivity index (χ4v) is 5.93. The molecule has 49 heavy (non-hydrogen) atoms. The summed E-state index contributed by atoms with van der Waals surface area (Å²) in [6.45, 7) is 18.5. The van der Waals surface area contributed by atoms with Gasteiger partial charge >= 0.3 is 0 Å². The quantitative estimate of drug-likeness (QED) is 0.123. The molecule has 0 aromatic heterocycles. The Kier molecular flexibility index (Phi) is 19.2. The Bertz CT molecular complexity index is 1420. The van der Waals surface area contributed by atoms with Gasteiger partial charge < -0.3 is 35.5 Å². The van der Waals surface area contributed by atoms with Crippen molar-refractivity contribution in [1.82, 2.24) is 25.3 Å². The van der Waals surface area contributed by atoms with E-state index in [1.54, 1.807) is 0 Å². The van der Waals surface area contributed by atoms with E-state index >= 15 is 0 Å². The number of nitrogens with zero attached hydrogens (tertiary/aromatic N) is 3. The highest BCUT2D eigenvalue weighted by molar-refractivity contribution is 5.58. The third kappa shape index (κ3) is 12.7. The van der Waals surface area contributed by atoms with Gasteiger partial charge in [-0.25, -0.2) is 0 Å². The highest BCUT2D eigenvalue weighted by atomic mass is 16.3. The summed E-state index contributed by atoms with van der Waals surface area (Å²) in [5.41, 5.74) is 8.97. The van der Waals surface area contributed by atoms with Crippen LogP contribution >= 0.6 is 0 Å². The summed E-state index contributed by atoms with van der Waals surface area (Å²) in [7, 11) is 16.2. The van der Waals surface area contributed by atoms with Crippen molar-refractivity contribution in [1.29, 1.82) is 0 Å². The number of hydrogen-bond acceptors (Lipinski definition) is 7. The van der Waals surface area contributed by atoms with Crippen LogP contribution in [0, 0.1) is 5.92 Å². The normalized spacial score (nSPS) is 12.6. The number of aromatic hydroxyl groups is 2. The van der Waals surface area contributed by atoms with E-state index in [-0.39, 0.29) is 0 Å². The molecule has 0 bridgehead atoms. The van der Waals surface area contributed by atoms with Crippen LogP contribution in [0.2, 0.25) is 0 Å². The lowest BCUT2D eigenvalue weighted by Gasteiger charge is -2.35. The molecule has 0 saturated carbocycles. The number of nitrogens with one attached hydrogen (secondary N) is 2. The van der Waals surface area contributed by atoms with E-state index in [9.17, 15) is 10.2 Å². The van der Waals surface area contributed by atoms with Crippen LogP contribution in [0.5, 0.6) is 11.5 Å². The van der Waals surface area contributed by atoms with Crippen LogP contribution in [0.1, 0.15) is 105 Å². The maximum Gasteiger partial charge on any atom is 0.124 e. The Balaban J connectivity index is 0.00000157. The van der Waals surface area contributed by atoms with E-state index in [2.05, 4.69) is 117 Å². The molecule has 0 aliphatic carbocycles. The number of hydrogen-bond donors (Lipinski definition) is 4. The van der Waals surface area contributed by atoms with Crippen LogP contribution < -0.4 is 10.6 Å². The maximum absolute atomic E-state index is 11.3. The fourth-order valence-electron chi connectivity index (χ4n) is 5.93. The van der Waals surface area contributed by atoms with Crippen LogP contribution in [0.25, 0.3) is 0 Å². The van der Waals surface area contributed by atoms with Gasteiger partial charge in [-0.1, -0.05) is 72.2 Å². The summed E-state index contributed by atoms with van der Waals surface area (Å²) < 4.78 is 0. The molecule has 7 heteroatoms. The first-order chi connectivity index (χ1) is 23.1. The lowest BCUT2D eigenvalue weighted by molar-refractivity contribution is 0.382. The van der Waals surface area contributed by atoms with Crippen LogP contribution in [-0.2, 0) is 44.6 Å². The Labute approximate surface area is 300 Å². The number of phenols is 2.